The highest BCUT2D eigenvalue weighted by atomic mass is 16.5. The van der Waals surface area contributed by atoms with Gasteiger partial charge in [0.1, 0.15) is 17.6 Å². The van der Waals surface area contributed by atoms with E-state index in [1.807, 2.05) is 22.7 Å². The summed E-state index contributed by atoms with van der Waals surface area (Å²) in [5.41, 5.74) is 0.352. The van der Waals surface area contributed by atoms with Gasteiger partial charge in [-0.1, -0.05) is 0 Å². The molecule has 1 aliphatic carbocycles. The molecule has 0 bridgehead atoms. The van der Waals surface area contributed by atoms with Gasteiger partial charge in [0.2, 0.25) is 11.8 Å². The maximum atomic E-state index is 9.01. The molecule has 0 N–H and O–H groups in total. The van der Waals surface area contributed by atoms with Gasteiger partial charge in [-0.15, -0.1) is 10.2 Å². The monoisotopic (exact) mass is 404 g/mol. The maximum absolute atomic E-state index is 9.01. The van der Waals surface area contributed by atoms with Gasteiger partial charge in [0.15, 0.2) is 0 Å². The Morgan fingerprint density at radius 1 is 1.23 bits per heavy atom. The smallest absolute Gasteiger partial charge is 0.256 e. The number of ether oxygens (including phenoxy) is 1. The van der Waals surface area contributed by atoms with Crippen LogP contribution in [-0.4, -0.2) is 49.2 Å². The number of rotatable bonds is 6. The molecule has 4 heterocycles. The molecule has 1 saturated carbocycles. The van der Waals surface area contributed by atoms with E-state index in [4.69, 9.17) is 10.00 Å². The molecular formula is C21H24N8O. The predicted octanol–water partition coefficient (Wildman–Crippen LogP) is 2.42. The second-order valence-corrected chi connectivity index (χ2v) is 8.16. The highest BCUT2D eigenvalue weighted by Crippen LogP contribution is 2.49. The second kappa shape index (κ2) is 7.86. The Kier molecular flexibility index (Phi) is 4.91. The van der Waals surface area contributed by atoms with Crippen molar-refractivity contribution in [2.75, 3.05) is 24.6 Å². The summed E-state index contributed by atoms with van der Waals surface area (Å²) < 4.78 is 7.75. The largest absolute Gasteiger partial charge is 0.478 e. The second-order valence-electron chi connectivity index (χ2n) is 8.16. The molecule has 30 heavy (non-hydrogen) atoms. The van der Waals surface area contributed by atoms with Crippen LogP contribution in [0.4, 0.5) is 5.95 Å². The Morgan fingerprint density at radius 3 is 2.93 bits per heavy atom. The number of hydrogen-bond donors (Lipinski definition) is 0. The van der Waals surface area contributed by atoms with Gasteiger partial charge in [0.25, 0.3) is 5.78 Å². The van der Waals surface area contributed by atoms with Crippen LogP contribution in [0.1, 0.15) is 37.2 Å². The predicted molar refractivity (Wildman–Crippen MR) is 109 cm³/mol. The van der Waals surface area contributed by atoms with Gasteiger partial charge in [0, 0.05) is 31.5 Å². The van der Waals surface area contributed by atoms with Gasteiger partial charge < -0.3 is 9.64 Å². The molecule has 0 aromatic carbocycles. The molecule has 1 aliphatic heterocycles. The van der Waals surface area contributed by atoms with Crippen molar-refractivity contribution >= 4 is 11.7 Å². The van der Waals surface area contributed by atoms with Crippen LogP contribution in [0.3, 0.4) is 0 Å². The van der Waals surface area contributed by atoms with E-state index >= 15 is 0 Å². The van der Waals surface area contributed by atoms with Crippen molar-refractivity contribution in [1.82, 2.24) is 29.5 Å². The molecule has 0 spiro atoms. The van der Waals surface area contributed by atoms with Crippen molar-refractivity contribution in [3.8, 4) is 11.9 Å². The molecule has 2 fully saturated rings. The lowest BCUT2D eigenvalue weighted by atomic mass is 9.90. The molecule has 0 radical (unpaired) electrons. The first-order valence-electron chi connectivity index (χ1n) is 10.5. The highest BCUT2D eigenvalue weighted by Gasteiger charge is 2.43. The Labute approximate surface area is 174 Å². The molecule has 3 aromatic heterocycles. The third kappa shape index (κ3) is 3.77. The topological polar surface area (TPSA) is 105 Å². The Morgan fingerprint density at radius 2 is 2.10 bits per heavy atom. The number of fused-ring (bicyclic) bond motifs is 1. The van der Waals surface area contributed by atoms with E-state index in [0.717, 1.165) is 43.2 Å². The molecule has 1 saturated heterocycles. The van der Waals surface area contributed by atoms with Crippen LogP contribution in [0.2, 0.25) is 0 Å². The zero-order valence-corrected chi connectivity index (χ0v) is 17.0. The van der Waals surface area contributed by atoms with Crippen LogP contribution in [0.5, 0.6) is 5.88 Å². The Balaban J connectivity index is 1.09. The van der Waals surface area contributed by atoms with Gasteiger partial charge in [0.05, 0.1) is 6.61 Å². The summed E-state index contributed by atoms with van der Waals surface area (Å²) in [5, 5.41) is 17.5. The minimum Gasteiger partial charge on any atom is -0.478 e. The van der Waals surface area contributed by atoms with Gasteiger partial charge >= 0.3 is 0 Å². The number of nitrogens with zero attached hydrogens (tertiary/aromatic N) is 8. The van der Waals surface area contributed by atoms with Gasteiger partial charge in [-0.2, -0.15) is 10.2 Å². The van der Waals surface area contributed by atoms with Crippen LogP contribution in [-0.2, 0) is 0 Å². The Bertz CT molecular complexity index is 1080. The zero-order valence-electron chi connectivity index (χ0n) is 17.0. The quantitative estimate of drug-likeness (QED) is 0.617. The fourth-order valence-electron chi connectivity index (χ4n) is 4.64. The fraction of sp³-hybridized carbons (Fsp3) is 0.524. The molecule has 154 valence electrons. The van der Waals surface area contributed by atoms with Crippen molar-refractivity contribution in [3.63, 3.8) is 0 Å². The van der Waals surface area contributed by atoms with Crippen LogP contribution in [0.25, 0.3) is 5.78 Å². The van der Waals surface area contributed by atoms with E-state index in [-0.39, 0.29) is 0 Å². The first-order valence-corrected chi connectivity index (χ1v) is 10.5. The summed E-state index contributed by atoms with van der Waals surface area (Å²) in [7, 11) is 0. The van der Waals surface area contributed by atoms with Gasteiger partial charge in [-0.05, 0) is 56.4 Å². The van der Waals surface area contributed by atoms with E-state index in [0.29, 0.717) is 29.8 Å². The van der Waals surface area contributed by atoms with Crippen molar-refractivity contribution in [3.05, 3.63) is 36.0 Å². The zero-order chi connectivity index (χ0) is 20.5. The van der Waals surface area contributed by atoms with Crippen LogP contribution < -0.4 is 9.64 Å². The standard InChI is InChI=1S/C21H24N8O/c1-14-24-17(13-22)12-19(25-14)30-10-5-16-11-18(16)15-3-8-28(9-4-15)21-27-26-20-23-6-2-7-29(20)21/h2,6-7,12,15-16,18H,3-5,8-11H2,1H3/t16-,18-/m1/s1. The molecule has 5 rings (SSSR count). The van der Waals surface area contributed by atoms with Gasteiger partial charge in [-0.25, -0.2) is 9.97 Å². The normalized spacial score (nSPS) is 21.5. The summed E-state index contributed by atoms with van der Waals surface area (Å²) in [5.74, 6) is 4.92. The molecule has 9 heteroatoms. The molecular weight excluding hydrogens is 380 g/mol. The molecule has 3 aromatic rings. The molecule has 2 aliphatic rings. The van der Waals surface area contributed by atoms with E-state index in [2.05, 4.69) is 30.0 Å². The van der Waals surface area contributed by atoms with E-state index in [1.54, 1.807) is 19.2 Å². The number of hydrogen-bond acceptors (Lipinski definition) is 8. The number of aryl methyl sites for hydroxylation is 1. The van der Waals surface area contributed by atoms with Gasteiger partial charge in [-0.3, -0.25) is 4.40 Å². The van der Waals surface area contributed by atoms with Crippen LogP contribution >= 0.6 is 0 Å². The van der Waals surface area contributed by atoms with E-state index in [9.17, 15) is 0 Å². The number of nitriles is 1. The van der Waals surface area contributed by atoms with Crippen LogP contribution in [0, 0.1) is 36.0 Å². The minimum absolute atomic E-state index is 0.352. The first kappa shape index (κ1) is 18.7. The third-order valence-corrected chi connectivity index (χ3v) is 6.24. The first-order chi connectivity index (χ1) is 14.7. The number of anilines is 1. The lowest BCUT2D eigenvalue weighted by Gasteiger charge is -2.32. The SMILES string of the molecule is Cc1nc(C#N)cc(OCC[C@@H]2C[C@@H]2C2CCN(c3nnc4ncccn34)CC2)n1. The third-order valence-electron chi connectivity index (χ3n) is 6.24. The van der Waals surface area contributed by atoms with Crippen LogP contribution in [0.15, 0.2) is 24.5 Å². The molecule has 9 nitrogen and oxygen atoms in total. The summed E-state index contributed by atoms with van der Waals surface area (Å²) in [4.78, 5) is 14.9. The molecule has 0 amide bonds. The summed E-state index contributed by atoms with van der Waals surface area (Å²) in [6.07, 6.45) is 8.42. The average Bonchev–Trinajstić information content (AvgIpc) is 3.41. The van der Waals surface area contributed by atoms with E-state index in [1.165, 1.54) is 19.3 Å². The summed E-state index contributed by atoms with van der Waals surface area (Å²) >= 11 is 0. The molecule has 0 unspecified atom stereocenters. The van der Waals surface area contributed by atoms with E-state index < -0.39 is 0 Å². The maximum Gasteiger partial charge on any atom is 0.256 e. The minimum atomic E-state index is 0.352. The number of aromatic nitrogens is 6. The average molecular weight is 404 g/mol. The fourth-order valence-corrected chi connectivity index (χ4v) is 4.64. The lowest BCUT2D eigenvalue weighted by Crippen LogP contribution is -2.35. The van der Waals surface area contributed by atoms with Crippen molar-refractivity contribution in [2.45, 2.75) is 32.6 Å². The number of piperidine rings is 1. The lowest BCUT2D eigenvalue weighted by molar-refractivity contribution is 0.275. The summed E-state index contributed by atoms with van der Waals surface area (Å²) in [6.45, 7) is 4.43. The van der Waals surface area contributed by atoms with Crippen molar-refractivity contribution in [2.24, 2.45) is 17.8 Å². The summed E-state index contributed by atoms with van der Waals surface area (Å²) in [6, 6.07) is 5.56. The van der Waals surface area contributed by atoms with Crippen molar-refractivity contribution < 1.29 is 4.74 Å². The highest BCUT2D eigenvalue weighted by molar-refractivity contribution is 5.41. The van der Waals surface area contributed by atoms with Crippen molar-refractivity contribution in [1.29, 1.82) is 5.26 Å². The Hall–Kier alpha value is -3.28. The molecule has 2 atom stereocenters.